The third kappa shape index (κ3) is 4.43. The average molecular weight is 353 g/mol. The van der Waals surface area contributed by atoms with E-state index in [1.807, 2.05) is 37.4 Å². The molecule has 24 heavy (non-hydrogen) atoms. The highest BCUT2D eigenvalue weighted by atomic mass is 32.2. The second-order valence-electron chi connectivity index (χ2n) is 7.71. The quantitative estimate of drug-likeness (QED) is 0.816. The van der Waals surface area contributed by atoms with Gasteiger partial charge in [0.25, 0.3) is 0 Å². The highest BCUT2D eigenvalue weighted by Crippen LogP contribution is 2.30. The van der Waals surface area contributed by atoms with Crippen molar-refractivity contribution in [3.63, 3.8) is 0 Å². The number of hydrogen-bond acceptors (Lipinski definition) is 5. The molecule has 7 heteroatoms. The van der Waals surface area contributed by atoms with Crippen LogP contribution in [0.2, 0.25) is 0 Å². The number of carbonyl (C=O) groups is 1. The number of carbonyl (C=O) groups excluding carboxylic acids is 1. The van der Waals surface area contributed by atoms with E-state index in [-0.39, 0.29) is 6.09 Å². The van der Waals surface area contributed by atoms with Gasteiger partial charge in [-0.2, -0.15) is 11.8 Å². The fraction of sp³-hybridized carbons (Fsp3) is 0.824. The number of piperidine rings is 1. The summed E-state index contributed by atoms with van der Waals surface area (Å²) in [7, 11) is 0. The molecule has 2 saturated heterocycles. The van der Waals surface area contributed by atoms with Gasteiger partial charge in [-0.3, -0.25) is 0 Å². The number of nitrogens with zero attached hydrogens (tertiary/aromatic N) is 4. The second kappa shape index (κ2) is 7.33. The molecule has 6 nitrogen and oxygen atoms in total. The van der Waals surface area contributed by atoms with Crippen LogP contribution in [0.5, 0.6) is 0 Å². The predicted octanol–water partition coefficient (Wildman–Crippen LogP) is 3.46. The zero-order chi connectivity index (χ0) is 17.2. The largest absolute Gasteiger partial charge is 0.444 e. The lowest BCUT2D eigenvalue weighted by Crippen LogP contribution is -2.41. The van der Waals surface area contributed by atoms with Gasteiger partial charge in [0.2, 0.25) is 0 Å². The lowest BCUT2D eigenvalue weighted by Gasteiger charge is -2.32. The number of likely N-dealkylation sites (tertiary alicyclic amines) is 1. The molecule has 0 radical (unpaired) electrons. The summed E-state index contributed by atoms with van der Waals surface area (Å²) >= 11 is 2.02. The second-order valence-corrected chi connectivity index (χ2v) is 8.93. The first-order chi connectivity index (χ1) is 11.4. The molecule has 0 aliphatic carbocycles. The maximum absolute atomic E-state index is 12.1. The smallest absolute Gasteiger partial charge is 0.410 e. The van der Waals surface area contributed by atoms with Crippen LogP contribution in [0.4, 0.5) is 4.79 Å². The number of hydrogen-bond donors (Lipinski definition) is 0. The van der Waals surface area contributed by atoms with Crippen LogP contribution in [0.25, 0.3) is 0 Å². The summed E-state index contributed by atoms with van der Waals surface area (Å²) in [5.41, 5.74) is 0.645. The van der Waals surface area contributed by atoms with Crippen LogP contribution in [-0.2, 0) is 4.74 Å². The SMILES string of the molecule is CC(C)(C)OC(=O)N1CCC(c2cn(C3CCSCC3)nn2)CC1. The van der Waals surface area contributed by atoms with Crippen molar-refractivity contribution >= 4 is 17.9 Å². The molecule has 134 valence electrons. The van der Waals surface area contributed by atoms with E-state index in [2.05, 4.69) is 21.2 Å². The van der Waals surface area contributed by atoms with Crippen molar-refractivity contribution in [2.45, 2.75) is 64.0 Å². The lowest BCUT2D eigenvalue weighted by atomic mass is 9.94. The van der Waals surface area contributed by atoms with Crippen LogP contribution in [-0.4, -0.2) is 56.2 Å². The van der Waals surface area contributed by atoms with Crippen LogP contribution < -0.4 is 0 Å². The molecule has 0 unspecified atom stereocenters. The van der Waals surface area contributed by atoms with E-state index in [9.17, 15) is 4.79 Å². The maximum Gasteiger partial charge on any atom is 0.410 e. The Morgan fingerprint density at radius 1 is 1.21 bits per heavy atom. The first-order valence-electron chi connectivity index (χ1n) is 8.90. The summed E-state index contributed by atoms with van der Waals surface area (Å²) in [4.78, 5) is 13.9. The number of amides is 1. The number of ether oxygens (including phenoxy) is 1. The summed E-state index contributed by atoms with van der Waals surface area (Å²) < 4.78 is 7.52. The average Bonchev–Trinajstić information content (AvgIpc) is 3.04. The molecule has 2 aliphatic heterocycles. The molecular formula is C17H28N4O2S. The molecule has 0 saturated carbocycles. The van der Waals surface area contributed by atoms with Gasteiger partial charge >= 0.3 is 6.09 Å². The third-order valence-electron chi connectivity index (χ3n) is 4.66. The van der Waals surface area contributed by atoms with Gasteiger partial charge in [0, 0.05) is 25.2 Å². The summed E-state index contributed by atoms with van der Waals surface area (Å²) in [5.74, 6) is 2.83. The van der Waals surface area contributed by atoms with Crippen molar-refractivity contribution in [2.75, 3.05) is 24.6 Å². The van der Waals surface area contributed by atoms with Crippen LogP contribution >= 0.6 is 11.8 Å². The normalized spacial score (nSPS) is 21.0. The zero-order valence-electron chi connectivity index (χ0n) is 14.9. The molecule has 1 amide bonds. The summed E-state index contributed by atoms with van der Waals surface area (Å²) in [6.45, 7) is 7.16. The van der Waals surface area contributed by atoms with E-state index in [1.54, 1.807) is 0 Å². The first kappa shape index (κ1) is 17.6. The van der Waals surface area contributed by atoms with Crippen molar-refractivity contribution in [1.82, 2.24) is 19.9 Å². The van der Waals surface area contributed by atoms with Gasteiger partial charge < -0.3 is 9.64 Å². The Bertz CT molecular complexity index is 555. The number of thioether (sulfide) groups is 1. The third-order valence-corrected chi connectivity index (χ3v) is 5.71. The van der Waals surface area contributed by atoms with Gasteiger partial charge in [-0.1, -0.05) is 5.21 Å². The van der Waals surface area contributed by atoms with Crippen molar-refractivity contribution < 1.29 is 9.53 Å². The van der Waals surface area contributed by atoms with Crippen LogP contribution in [0.15, 0.2) is 6.20 Å². The summed E-state index contributed by atoms with van der Waals surface area (Å²) in [6.07, 6.45) is 6.16. The van der Waals surface area contributed by atoms with E-state index in [0.29, 0.717) is 12.0 Å². The predicted molar refractivity (Wildman–Crippen MR) is 95.4 cm³/mol. The van der Waals surface area contributed by atoms with Crippen LogP contribution in [0.1, 0.15) is 64.1 Å². The van der Waals surface area contributed by atoms with Crippen molar-refractivity contribution in [3.8, 4) is 0 Å². The van der Waals surface area contributed by atoms with E-state index in [4.69, 9.17) is 4.74 Å². The molecule has 0 bridgehead atoms. The Hall–Kier alpha value is -1.24. The highest BCUT2D eigenvalue weighted by Gasteiger charge is 2.29. The molecule has 0 spiro atoms. The van der Waals surface area contributed by atoms with Crippen molar-refractivity contribution in [1.29, 1.82) is 0 Å². The van der Waals surface area contributed by atoms with Gasteiger partial charge in [-0.15, -0.1) is 5.10 Å². The Labute approximate surface area is 148 Å². The summed E-state index contributed by atoms with van der Waals surface area (Å²) in [5, 5.41) is 8.79. The van der Waals surface area contributed by atoms with Crippen LogP contribution in [0.3, 0.4) is 0 Å². The fourth-order valence-corrected chi connectivity index (χ4v) is 4.37. The van der Waals surface area contributed by atoms with E-state index in [1.165, 1.54) is 24.3 Å². The lowest BCUT2D eigenvalue weighted by molar-refractivity contribution is 0.0204. The molecule has 0 N–H and O–H groups in total. The standard InChI is InChI=1S/C17H28N4O2S/c1-17(2,3)23-16(22)20-8-4-13(5-9-20)15-12-21(19-18-15)14-6-10-24-11-7-14/h12-14H,4-11H2,1-3H3. The number of aromatic nitrogens is 3. The molecule has 1 aromatic rings. The molecule has 3 rings (SSSR count). The first-order valence-corrected chi connectivity index (χ1v) is 10.1. The zero-order valence-corrected chi connectivity index (χ0v) is 15.7. The Morgan fingerprint density at radius 3 is 2.50 bits per heavy atom. The van der Waals surface area contributed by atoms with Gasteiger partial charge in [0.05, 0.1) is 11.7 Å². The molecule has 2 fully saturated rings. The molecular weight excluding hydrogens is 324 g/mol. The van der Waals surface area contributed by atoms with E-state index in [0.717, 1.165) is 31.6 Å². The minimum atomic E-state index is -0.436. The monoisotopic (exact) mass is 352 g/mol. The van der Waals surface area contributed by atoms with Crippen molar-refractivity contribution in [3.05, 3.63) is 11.9 Å². The Morgan fingerprint density at radius 2 is 1.88 bits per heavy atom. The Kier molecular flexibility index (Phi) is 5.37. The molecule has 2 aliphatic rings. The topological polar surface area (TPSA) is 60.2 Å². The molecule has 0 aromatic carbocycles. The minimum Gasteiger partial charge on any atom is -0.444 e. The maximum atomic E-state index is 12.1. The van der Waals surface area contributed by atoms with E-state index < -0.39 is 5.60 Å². The van der Waals surface area contributed by atoms with Gasteiger partial charge in [0.15, 0.2) is 0 Å². The van der Waals surface area contributed by atoms with E-state index >= 15 is 0 Å². The number of rotatable bonds is 2. The molecule has 0 atom stereocenters. The fourth-order valence-electron chi connectivity index (χ4n) is 3.29. The minimum absolute atomic E-state index is 0.204. The van der Waals surface area contributed by atoms with Gasteiger partial charge in [0.1, 0.15) is 5.60 Å². The van der Waals surface area contributed by atoms with Crippen LogP contribution in [0, 0.1) is 0 Å². The summed E-state index contributed by atoms with van der Waals surface area (Å²) in [6, 6.07) is 0.509. The molecule has 3 heterocycles. The highest BCUT2D eigenvalue weighted by molar-refractivity contribution is 7.99. The van der Waals surface area contributed by atoms with Gasteiger partial charge in [-0.25, -0.2) is 9.48 Å². The molecule has 1 aromatic heterocycles. The Balaban J connectivity index is 1.53. The van der Waals surface area contributed by atoms with Gasteiger partial charge in [-0.05, 0) is 58.0 Å². The van der Waals surface area contributed by atoms with Crippen molar-refractivity contribution in [2.24, 2.45) is 0 Å².